The van der Waals surface area contributed by atoms with Crippen molar-refractivity contribution in [2.24, 2.45) is 0 Å². The van der Waals surface area contributed by atoms with Gasteiger partial charge in [0.05, 0.1) is 24.4 Å². The van der Waals surface area contributed by atoms with Crippen molar-refractivity contribution in [1.82, 2.24) is 0 Å². The number of hydrogen-bond donors (Lipinski definition) is 0. The molecule has 0 aliphatic heterocycles. The third-order valence-electron chi connectivity index (χ3n) is 8.02. The molecule has 0 radical (unpaired) electrons. The Bertz CT molecular complexity index is 1680. The number of unbranched alkanes of at least 4 members (excludes halogenated alkanes) is 6. The third kappa shape index (κ3) is 17.7. The Labute approximate surface area is 326 Å². The fraction of sp³-hybridized carbons (Fsp3) is 0.364. The van der Waals surface area contributed by atoms with Crippen molar-refractivity contribution < 1.29 is 55.6 Å². The molecule has 3 rings (SSSR count). The molecule has 0 aromatic heterocycles. The molecule has 0 atom stereocenters. The number of halogens is 4. The zero-order chi connectivity index (χ0) is 40.5. The number of carbonyl (C=O) groups is 2. The van der Waals surface area contributed by atoms with Crippen LogP contribution in [0, 0.1) is 0 Å². The van der Waals surface area contributed by atoms with Crippen LogP contribution in [0.4, 0.5) is 17.6 Å². The second-order valence-electron chi connectivity index (χ2n) is 12.4. The van der Waals surface area contributed by atoms with E-state index in [9.17, 15) is 18.4 Å². The van der Waals surface area contributed by atoms with Crippen LogP contribution in [0.5, 0.6) is 17.2 Å². The predicted octanol–water partition coefficient (Wildman–Crippen LogP) is 11.0. The maximum atomic E-state index is 15.2. The summed E-state index contributed by atoms with van der Waals surface area (Å²) >= 11 is 0. The van der Waals surface area contributed by atoms with Crippen LogP contribution in [0.25, 0.3) is 0 Å². The molecular weight excluding hydrogens is 732 g/mol. The molecule has 0 fully saturated rings. The second kappa shape index (κ2) is 24.8. The van der Waals surface area contributed by atoms with E-state index >= 15 is 8.78 Å². The Kier molecular flexibility index (Phi) is 19.9. The standard InChI is InChI=1S/C44H50F4O8/c1-3-41(49)53-33-17-11-7-5-9-15-31-51-37-20-14-13-19-35(21-24-37)43(45,46)55-39-27-29-40(30-28-39)56-44(47,48)36-22-25-38(26-23-36)52-32-16-10-6-8-12-18-34-54-42(50)4-2/h3-4,11-12,17-30H,1-2,5-10,13-16,31-34H2/b17-11+,18-12+,24-21-,35-19-,37-20+. The maximum absolute atomic E-state index is 15.2. The van der Waals surface area contributed by atoms with Crippen LogP contribution in [0.15, 0.2) is 134 Å². The number of allylic oxidation sites excluding steroid dienone is 5. The summed E-state index contributed by atoms with van der Waals surface area (Å²) < 4.78 is 91.5. The monoisotopic (exact) mass is 782 g/mol. The zero-order valence-electron chi connectivity index (χ0n) is 31.5. The van der Waals surface area contributed by atoms with Crippen molar-refractivity contribution in [2.45, 2.75) is 76.4 Å². The van der Waals surface area contributed by atoms with Crippen molar-refractivity contribution in [3.05, 3.63) is 139 Å². The summed E-state index contributed by atoms with van der Waals surface area (Å²) in [5.41, 5.74) is -0.760. The molecule has 2 aromatic carbocycles. The molecular formula is C44H50F4O8. The summed E-state index contributed by atoms with van der Waals surface area (Å²) in [6.45, 7) is 7.92. The van der Waals surface area contributed by atoms with Gasteiger partial charge in [0.25, 0.3) is 0 Å². The lowest BCUT2D eigenvalue weighted by Gasteiger charge is -2.21. The number of esters is 2. The van der Waals surface area contributed by atoms with Gasteiger partial charge >= 0.3 is 24.2 Å². The quantitative estimate of drug-likeness (QED) is 0.0306. The van der Waals surface area contributed by atoms with Crippen molar-refractivity contribution in [2.75, 3.05) is 26.4 Å². The van der Waals surface area contributed by atoms with Crippen LogP contribution in [0.1, 0.15) is 69.8 Å². The Morgan fingerprint density at radius 1 is 0.589 bits per heavy atom. The normalized spacial score (nSPS) is 15.7. The molecule has 8 nitrogen and oxygen atoms in total. The molecule has 0 N–H and O–H groups in total. The Hall–Kier alpha value is -5.52. The van der Waals surface area contributed by atoms with Gasteiger partial charge in [-0.15, -0.1) is 0 Å². The first kappa shape index (κ1) is 44.9. The third-order valence-corrected chi connectivity index (χ3v) is 8.02. The molecule has 1 aliphatic rings. The highest BCUT2D eigenvalue weighted by Crippen LogP contribution is 2.35. The van der Waals surface area contributed by atoms with E-state index in [1.54, 1.807) is 12.2 Å². The predicted molar refractivity (Wildman–Crippen MR) is 206 cm³/mol. The van der Waals surface area contributed by atoms with E-state index in [1.807, 2.05) is 18.2 Å². The van der Waals surface area contributed by atoms with Gasteiger partial charge in [0.1, 0.15) is 36.2 Å². The van der Waals surface area contributed by atoms with Gasteiger partial charge in [-0.25, -0.2) is 9.59 Å². The number of carbonyl (C=O) groups excluding carboxylic acids is 2. The number of ether oxygens (including phenoxy) is 6. The van der Waals surface area contributed by atoms with E-state index < -0.39 is 29.7 Å². The number of alkyl halides is 4. The van der Waals surface area contributed by atoms with E-state index in [0.717, 1.165) is 87.8 Å². The van der Waals surface area contributed by atoms with Gasteiger partial charge in [-0.05, 0) is 131 Å². The first-order valence-electron chi connectivity index (χ1n) is 18.6. The number of benzene rings is 2. The number of rotatable bonds is 26. The summed E-state index contributed by atoms with van der Waals surface area (Å²) in [6.07, 6.45) is 15.9. The fourth-order valence-corrected chi connectivity index (χ4v) is 5.04. The summed E-state index contributed by atoms with van der Waals surface area (Å²) in [4.78, 5) is 22.0. The highest BCUT2D eigenvalue weighted by atomic mass is 19.3. The van der Waals surface area contributed by atoms with Crippen molar-refractivity contribution in [3.63, 3.8) is 0 Å². The molecule has 0 saturated heterocycles. The Balaban J connectivity index is 1.38. The maximum Gasteiger partial charge on any atom is 0.426 e. The first-order valence-corrected chi connectivity index (χ1v) is 18.6. The highest BCUT2D eigenvalue weighted by Gasteiger charge is 2.37. The van der Waals surface area contributed by atoms with Crippen LogP contribution in [0.3, 0.4) is 0 Å². The van der Waals surface area contributed by atoms with Crippen LogP contribution in [-0.2, 0) is 29.9 Å². The summed E-state index contributed by atoms with van der Waals surface area (Å²) in [7, 11) is 0. The van der Waals surface area contributed by atoms with Crippen LogP contribution in [-0.4, -0.2) is 44.5 Å². The molecule has 302 valence electrons. The van der Waals surface area contributed by atoms with Crippen LogP contribution >= 0.6 is 0 Å². The van der Waals surface area contributed by atoms with Gasteiger partial charge in [-0.1, -0.05) is 43.5 Å². The highest BCUT2D eigenvalue weighted by molar-refractivity contribution is 5.81. The van der Waals surface area contributed by atoms with Crippen LogP contribution in [0.2, 0.25) is 0 Å². The lowest BCUT2D eigenvalue weighted by atomic mass is 10.1. The Morgan fingerprint density at radius 2 is 1.09 bits per heavy atom. The summed E-state index contributed by atoms with van der Waals surface area (Å²) in [5, 5.41) is 0. The molecule has 0 unspecified atom stereocenters. The first-order chi connectivity index (χ1) is 27.0. The molecule has 56 heavy (non-hydrogen) atoms. The average molecular weight is 783 g/mol. The second-order valence-corrected chi connectivity index (χ2v) is 12.4. The van der Waals surface area contributed by atoms with Gasteiger partial charge in [0.2, 0.25) is 0 Å². The molecule has 12 heteroatoms. The van der Waals surface area contributed by atoms with Crippen LogP contribution < -0.4 is 14.2 Å². The molecule has 0 saturated carbocycles. The summed E-state index contributed by atoms with van der Waals surface area (Å²) in [6, 6.07) is 9.83. The van der Waals surface area contributed by atoms with E-state index in [2.05, 4.69) is 13.2 Å². The van der Waals surface area contributed by atoms with Gasteiger partial charge < -0.3 is 28.4 Å². The molecule has 0 bridgehead atoms. The zero-order valence-corrected chi connectivity index (χ0v) is 31.5. The minimum absolute atomic E-state index is 0.204. The smallest absolute Gasteiger partial charge is 0.426 e. The molecule has 1 aliphatic carbocycles. The topological polar surface area (TPSA) is 89.5 Å². The lowest BCUT2D eigenvalue weighted by Crippen LogP contribution is -2.27. The van der Waals surface area contributed by atoms with Crippen molar-refractivity contribution in [1.29, 1.82) is 0 Å². The van der Waals surface area contributed by atoms with Gasteiger partial charge in [-0.2, -0.15) is 17.6 Å². The number of hydrogen-bond acceptors (Lipinski definition) is 8. The summed E-state index contributed by atoms with van der Waals surface area (Å²) in [5.74, 6) is -0.479. The average Bonchev–Trinajstić information content (AvgIpc) is 3.17. The fourth-order valence-electron chi connectivity index (χ4n) is 5.04. The molecule has 0 heterocycles. The van der Waals surface area contributed by atoms with Gasteiger partial charge in [0, 0.05) is 12.2 Å². The minimum atomic E-state index is -3.70. The van der Waals surface area contributed by atoms with Crippen molar-refractivity contribution in [3.8, 4) is 17.2 Å². The van der Waals surface area contributed by atoms with E-state index in [1.165, 1.54) is 42.5 Å². The molecule has 0 spiro atoms. The molecule has 2 aromatic rings. The van der Waals surface area contributed by atoms with E-state index in [4.69, 9.17) is 28.4 Å². The molecule has 0 amide bonds. The lowest BCUT2D eigenvalue weighted by molar-refractivity contribution is -0.185. The van der Waals surface area contributed by atoms with E-state index in [0.29, 0.717) is 37.6 Å². The van der Waals surface area contributed by atoms with Gasteiger partial charge in [0.15, 0.2) is 0 Å². The largest absolute Gasteiger partial charge is 0.494 e. The van der Waals surface area contributed by atoms with E-state index in [-0.39, 0.29) is 30.3 Å². The van der Waals surface area contributed by atoms with Gasteiger partial charge in [-0.3, -0.25) is 0 Å². The minimum Gasteiger partial charge on any atom is -0.494 e. The van der Waals surface area contributed by atoms with Crippen molar-refractivity contribution >= 4 is 11.9 Å². The Morgan fingerprint density at radius 3 is 1.64 bits per heavy atom. The SMILES string of the molecule is C=CC(=O)OC/C=C/CCCCCOC1=C/CC/C=C(C(F)(F)Oc2ccc(OC(F)(F)c3ccc(OCCCCC/C=C/COC(=O)C=C)cc3)cc2)/C=C\1.